The fourth-order valence-electron chi connectivity index (χ4n) is 2.39. The zero-order valence-electron chi connectivity index (χ0n) is 13.4. The summed E-state index contributed by atoms with van der Waals surface area (Å²) < 4.78 is 2.22. The van der Waals surface area contributed by atoms with E-state index >= 15 is 0 Å². The highest BCUT2D eigenvalue weighted by Crippen LogP contribution is 2.19. The van der Waals surface area contributed by atoms with Crippen LogP contribution in [0.15, 0.2) is 46.6 Å². The number of rotatable bonds is 6. The highest BCUT2D eigenvalue weighted by Gasteiger charge is 2.16. The molecule has 1 atom stereocenters. The maximum absolute atomic E-state index is 12.3. The van der Waals surface area contributed by atoms with Crippen LogP contribution < -0.4 is 11.0 Å². The van der Waals surface area contributed by atoms with Crippen molar-refractivity contribution in [3.63, 3.8) is 0 Å². The molecule has 9 heteroatoms. The number of hydrogen-bond donors (Lipinski definition) is 1. The number of hydrogen-bond acceptors (Lipinski definition) is 5. The van der Waals surface area contributed by atoms with Gasteiger partial charge in [0.1, 0.15) is 11.5 Å². The Morgan fingerprint density at radius 3 is 2.68 bits per heavy atom. The second-order valence-electron chi connectivity index (χ2n) is 5.36. The molecular weight excluding hydrogens is 362 g/mol. The van der Waals surface area contributed by atoms with Crippen LogP contribution in [0, 0.1) is 0 Å². The number of halogens is 1. The quantitative estimate of drug-likeness (QED) is 0.715. The summed E-state index contributed by atoms with van der Waals surface area (Å²) in [7, 11) is 0. The Bertz CT molecular complexity index is 902. The number of tetrazole rings is 1. The number of thiophene rings is 1. The minimum Gasteiger partial charge on any atom is -0.348 e. The van der Waals surface area contributed by atoms with Crippen LogP contribution in [-0.4, -0.2) is 25.7 Å². The summed E-state index contributed by atoms with van der Waals surface area (Å²) in [6.07, 6.45) is 0.712. The van der Waals surface area contributed by atoms with Gasteiger partial charge in [-0.15, -0.1) is 11.3 Å². The molecule has 0 saturated heterocycles. The molecule has 0 aliphatic carbocycles. The van der Waals surface area contributed by atoms with Gasteiger partial charge in [-0.05, 0) is 52.1 Å². The van der Waals surface area contributed by atoms with Crippen LogP contribution in [-0.2, 0) is 11.3 Å². The van der Waals surface area contributed by atoms with Crippen molar-refractivity contribution >= 4 is 28.8 Å². The van der Waals surface area contributed by atoms with Crippen molar-refractivity contribution in [2.24, 2.45) is 0 Å². The van der Waals surface area contributed by atoms with E-state index in [0.717, 1.165) is 10.2 Å². The maximum atomic E-state index is 12.3. The molecule has 1 N–H and O–H groups in total. The molecule has 0 saturated carbocycles. The first kappa shape index (κ1) is 17.4. The fraction of sp³-hybridized carbons (Fsp3) is 0.250. The summed E-state index contributed by atoms with van der Waals surface area (Å²) in [6.45, 7) is 1.78. The van der Waals surface area contributed by atoms with Crippen LogP contribution in [0.25, 0.3) is 5.00 Å². The molecule has 2 heterocycles. The van der Waals surface area contributed by atoms with Crippen LogP contribution in [0.1, 0.15) is 24.9 Å². The number of benzene rings is 1. The molecule has 0 radical (unpaired) electrons. The number of carbonyl (C=O) groups excluding carboxylic acids is 1. The molecule has 7 nitrogen and oxygen atoms in total. The van der Waals surface area contributed by atoms with E-state index in [0.29, 0.717) is 16.4 Å². The van der Waals surface area contributed by atoms with Gasteiger partial charge in [-0.2, -0.15) is 9.36 Å². The molecule has 0 bridgehead atoms. The minimum atomic E-state index is -0.447. The van der Waals surface area contributed by atoms with E-state index in [1.165, 1.54) is 16.0 Å². The van der Waals surface area contributed by atoms with Crippen LogP contribution in [0.2, 0.25) is 5.02 Å². The minimum absolute atomic E-state index is 0.159. The number of nitrogens with zero attached hydrogens (tertiary/aromatic N) is 4. The van der Waals surface area contributed by atoms with Crippen LogP contribution in [0.3, 0.4) is 0 Å². The summed E-state index contributed by atoms with van der Waals surface area (Å²) in [5.74, 6) is -0.304. The maximum Gasteiger partial charge on any atom is 0.369 e. The van der Waals surface area contributed by atoms with Crippen molar-refractivity contribution in [3.8, 4) is 5.00 Å². The Balaban J connectivity index is 1.70. The van der Waals surface area contributed by atoms with Gasteiger partial charge in [0.15, 0.2) is 0 Å². The predicted molar refractivity (Wildman–Crippen MR) is 96.1 cm³/mol. The van der Waals surface area contributed by atoms with Gasteiger partial charge in [-0.25, -0.2) is 4.79 Å². The van der Waals surface area contributed by atoms with Gasteiger partial charge in [0.05, 0.1) is 6.04 Å². The lowest BCUT2D eigenvalue weighted by atomic mass is 10.0. The van der Waals surface area contributed by atoms with Crippen molar-refractivity contribution in [3.05, 3.63) is 62.8 Å². The summed E-state index contributed by atoms with van der Waals surface area (Å²) in [5.41, 5.74) is 0.506. The predicted octanol–water partition coefficient (Wildman–Crippen LogP) is 2.41. The SMILES string of the molecule is CCC(NC(=O)Cn1nnn(-c2cccs2)c1=O)c1ccc(Cl)cc1. The average molecular weight is 378 g/mol. The molecule has 25 heavy (non-hydrogen) atoms. The average Bonchev–Trinajstić information content (AvgIpc) is 3.24. The molecule has 3 rings (SSSR count). The van der Waals surface area contributed by atoms with Crippen molar-refractivity contribution in [2.75, 3.05) is 0 Å². The zero-order valence-corrected chi connectivity index (χ0v) is 15.0. The Labute approximate surface area is 152 Å². The van der Waals surface area contributed by atoms with Gasteiger partial charge in [0.2, 0.25) is 5.91 Å². The number of aromatic nitrogens is 4. The van der Waals surface area contributed by atoms with Gasteiger partial charge in [-0.3, -0.25) is 4.79 Å². The number of carbonyl (C=O) groups is 1. The lowest BCUT2D eigenvalue weighted by molar-refractivity contribution is -0.122. The molecule has 1 amide bonds. The summed E-state index contributed by atoms with van der Waals surface area (Å²) >= 11 is 7.26. The van der Waals surface area contributed by atoms with Gasteiger partial charge in [0.25, 0.3) is 0 Å². The first-order valence-electron chi connectivity index (χ1n) is 7.70. The van der Waals surface area contributed by atoms with Crippen LogP contribution in [0.4, 0.5) is 0 Å². The molecule has 2 aromatic heterocycles. The van der Waals surface area contributed by atoms with Gasteiger partial charge in [0, 0.05) is 5.02 Å². The Morgan fingerprint density at radius 1 is 1.28 bits per heavy atom. The van der Waals surface area contributed by atoms with Crippen molar-refractivity contribution in [1.82, 2.24) is 25.1 Å². The van der Waals surface area contributed by atoms with Gasteiger partial charge in [-0.1, -0.05) is 30.7 Å². The lowest BCUT2D eigenvalue weighted by Gasteiger charge is -2.17. The highest BCUT2D eigenvalue weighted by molar-refractivity contribution is 7.12. The summed E-state index contributed by atoms with van der Waals surface area (Å²) in [4.78, 5) is 24.6. The topological polar surface area (TPSA) is 81.8 Å². The largest absolute Gasteiger partial charge is 0.369 e. The molecule has 130 valence electrons. The van der Waals surface area contributed by atoms with E-state index in [9.17, 15) is 9.59 Å². The fourth-order valence-corrected chi connectivity index (χ4v) is 3.19. The normalized spacial score (nSPS) is 12.1. The number of amides is 1. The Hall–Kier alpha value is -2.45. The highest BCUT2D eigenvalue weighted by atomic mass is 35.5. The second-order valence-corrected chi connectivity index (χ2v) is 6.72. The van der Waals surface area contributed by atoms with Crippen LogP contribution >= 0.6 is 22.9 Å². The molecule has 0 spiro atoms. The molecule has 3 aromatic rings. The van der Waals surface area contributed by atoms with Gasteiger partial charge < -0.3 is 5.32 Å². The Kier molecular flexibility index (Phi) is 5.30. The molecule has 0 aliphatic heterocycles. The van der Waals surface area contributed by atoms with E-state index in [2.05, 4.69) is 15.7 Å². The monoisotopic (exact) mass is 377 g/mol. The van der Waals surface area contributed by atoms with Crippen LogP contribution in [0.5, 0.6) is 0 Å². The zero-order chi connectivity index (χ0) is 17.8. The summed E-state index contributed by atoms with van der Waals surface area (Å²) in [5, 5.41) is 13.6. The van der Waals surface area contributed by atoms with E-state index in [1.54, 1.807) is 18.2 Å². The van der Waals surface area contributed by atoms with Gasteiger partial charge >= 0.3 is 5.69 Å². The summed E-state index contributed by atoms with van der Waals surface area (Å²) in [6, 6.07) is 10.7. The Morgan fingerprint density at radius 2 is 2.04 bits per heavy atom. The molecular formula is C16H16ClN5O2S. The van der Waals surface area contributed by atoms with E-state index in [1.807, 2.05) is 30.5 Å². The van der Waals surface area contributed by atoms with Crippen molar-refractivity contribution in [2.45, 2.75) is 25.9 Å². The third-order valence-electron chi connectivity index (χ3n) is 3.66. The molecule has 1 unspecified atom stereocenters. The molecule has 1 aromatic carbocycles. The van der Waals surface area contributed by atoms with E-state index in [-0.39, 0.29) is 18.5 Å². The van der Waals surface area contributed by atoms with E-state index < -0.39 is 5.69 Å². The molecule has 0 aliphatic rings. The standard InChI is InChI=1S/C16H16ClN5O2S/c1-2-13(11-5-7-12(17)8-6-11)18-14(23)10-21-16(24)22(20-19-21)15-4-3-9-25-15/h3-9,13H,2,10H2,1H3,(H,18,23). The first-order chi connectivity index (χ1) is 12.1. The van der Waals surface area contributed by atoms with Crippen molar-refractivity contribution in [1.29, 1.82) is 0 Å². The third-order valence-corrected chi connectivity index (χ3v) is 4.76. The van der Waals surface area contributed by atoms with E-state index in [4.69, 9.17) is 11.6 Å². The first-order valence-corrected chi connectivity index (χ1v) is 8.95. The number of nitrogens with one attached hydrogen (secondary N) is 1. The smallest absolute Gasteiger partial charge is 0.348 e. The second kappa shape index (κ2) is 7.62. The molecule has 0 fully saturated rings. The third kappa shape index (κ3) is 3.97. The lowest BCUT2D eigenvalue weighted by Crippen LogP contribution is -2.35. The van der Waals surface area contributed by atoms with Crippen molar-refractivity contribution < 1.29 is 4.79 Å².